The third kappa shape index (κ3) is 3.31. The third-order valence-corrected chi connectivity index (χ3v) is 4.71. The SMILES string of the molecule is CCCC(=O)C1C(=O)CC(c2cc3ccccc3nc2OC)CC1=O. The third-order valence-electron chi connectivity index (χ3n) is 4.71. The number of hydrogen-bond acceptors (Lipinski definition) is 5. The minimum absolute atomic E-state index is 0.169. The highest BCUT2D eigenvalue weighted by Crippen LogP contribution is 2.37. The predicted molar refractivity (Wildman–Crippen MR) is 93.7 cm³/mol. The summed E-state index contributed by atoms with van der Waals surface area (Å²) in [7, 11) is 1.53. The van der Waals surface area contributed by atoms with Crippen molar-refractivity contribution < 1.29 is 19.1 Å². The normalized spacial score (nSPS) is 20.7. The average Bonchev–Trinajstić information content (AvgIpc) is 2.60. The molecule has 130 valence electrons. The van der Waals surface area contributed by atoms with Gasteiger partial charge in [-0.15, -0.1) is 0 Å². The first kappa shape index (κ1) is 17.3. The number of ether oxygens (including phenoxy) is 1. The Hall–Kier alpha value is -2.56. The number of Topliss-reactive ketones (excluding diaryl/α,β-unsaturated/α-hetero) is 3. The number of methoxy groups -OCH3 is 1. The van der Waals surface area contributed by atoms with Gasteiger partial charge in [-0.05, 0) is 18.6 Å². The number of aromatic nitrogens is 1. The molecule has 5 heteroatoms. The van der Waals surface area contributed by atoms with Gasteiger partial charge in [0.05, 0.1) is 12.6 Å². The fraction of sp³-hybridized carbons (Fsp3) is 0.400. The molecule has 0 amide bonds. The number of pyridine rings is 1. The maximum absolute atomic E-state index is 12.5. The topological polar surface area (TPSA) is 73.3 Å². The van der Waals surface area contributed by atoms with Crippen molar-refractivity contribution >= 4 is 28.3 Å². The summed E-state index contributed by atoms with van der Waals surface area (Å²) in [6, 6.07) is 9.56. The molecular weight excluding hydrogens is 318 g/mol. The van der Waals surface area contributed by atoms with Gasteiger partial charge in [0.1, 0.15) is 5.92 Å². The van der Waals surface area contributed by atoms with Crippen molar-refractivity contribution in [3.05, 3.63) is 35.9 Å². The molecule has 1 aromatic carbocycles. The summed E-state index contributed by atoms with van der Waals surface area (Å²) in [6.07, 6.45) is 1.25. The van der Waals surface area contributed by atoms with Gasteiger partial charge < -0.3 is 4.74 Å². The van der Waals surface area contributed by atoms with Gasteiger partial charge in [-0.1, -0.05) is 25.1 Å². The van der Waals surface area contributed by atoms with E-state index in [0.717, 1.165) is 16.5 Å². The molecule has 1 aliphatic rings. The van der Waals surface area contributed by atoms with E-state index >= 15 is 0 Å². The molecule has 0 radical (unpaired) electrons. The largest absolute Gasteiger partial charge is 0.481 e. The Balaban J connectivity index is 1.93. The minimum atomic E-state index is -1.07. The number of benzene rings is 1. The molecule has 1 fully saturated rings. The van der Waals surface area contributed by atoms with E-state index in [1.54, 1.807) is 0 Å². The molecule has 25 heavy (non-hydrogen) atoms. The average molecular weight is 339 g/mol. The van der Waals surface area contributed by atoms with Crippen molar-refractivity contribution in [3.63, 3.8) is 0 Å². The van der Waals surface area contributed by atoms with E-state index in [1.165, 1.54) is 7.11 Å². The second-order valence-corrected chi connectivity index (χ2v) is 6.47. The molecule has 0 unspecified atom stereocenters. The molecule has 3 rings (SSSR count). The minimum Gasteiger partial charge on any atom is -0.481 e. The molecule has 0 aliphatic heterocycles. The number of para-hydroxylation sites is 1. The number of nitrogens with zero attached hydrogens (tertiary/aromatic N) is 1. The number of carbonyl (C=O) groups excluding carboxylic acids is 3. The van der Waals surface area contributed by atoms with Crippen molar-refractivity contribution in [2.45, 2.75) is 38.5 Å². The number of hydrogen-bond donors (Lipinski definition) is 0. The molecule has 0 spiro atoms. The summed E-state index contributed by atoms with van der Waals surface area (Å²) in [4.78, 5) is 41.5. The molecule has 2 aromatic rings. The first-order valence-electron chi connectivity index (χ1n) is 8.57. The summed E-state index contributed by atoms with van der Waals surface area (Å²) < 4.78 is 5.39. The van der Waals surface area contributed by atoms with Crippen molar-refractivity contribution in [2.24, 2.45) is 5.92 Å². The Bertz CT molecular complexity index is 825. The standard InChI is InChI=1S/C20H21NO4/c1-3-6-16(22)19-17(23)10-13(11-18(19)24)14-9-12-7-4-5-8-15(12)21-20(14)25-2/h4-5,7-9,13,19H,3,6,10-11H2,1-2H3. The highest BCUT2D eigenvalue weighted by Gasteiger charge is 2.40. The van der Waals surface area contributed by atoms with Crippen LogP contribution in [0.2, 0.25) is 0 Å². The zero-order valence-corrected chi connectivity index (χ0v) is 14.5. The van der Waals surface area contributed by atoms with Crippen LogP contribution in [0.5, 0.6) is 5.88 Å². The van der Waals surface area contributed by atoms with E-state index < -0.39 is 5.92 Å². The van der Waals surface area contributed by atoms with Crippen LogP contribution in [0, 0.1) is 5.92 Å². The first-order chi connectivity index (χ1) is 12.0. The molecule has 1 saturated carbocycles. The summed E-state index contributed by atoms with van der Waals surface area (Å²) >= 11 is 0. The van der Waals surface area contributed by atoms with E-state index in [0.29, 0.717) is 12.3 Å². The Morgan fingerprint density at radius 2 is 1.88 bits per heavy atom. The van der Waals surface area contributed by atoms with Gasteiger partial charge in [-0.2, -0.15) is 0 Å². The maximum Gasteiger partial charge on any atom is 0.217 e. The van der Waals surface area contributed by atoms with Crippen LogP contribution in [-0.2, 0) is 14.4 Å². The van der Waals surface area contributed by atoms with E-state index in [4.69, 9.17) is 4.74 Å². The lowest BCUT2D eigenvalue weighted by Gasteiger charge is -2.26. The molecule has 5 nitrogen and oxygen atoms in total. The molecule has 0 atom stereocenters. The van der Waals surface area contributed by atoms with Crippen LogP contribution in [0.15, 0.2) is 30.3 Å². The zero-order valence-electron chi connectivity index (χ0n) is 14.5. The zero-order chi connectivity index (χ0) is 18.0. The van der Waals surface area contributed by atoms with Gasteiger partial charge in [0.25, 0.3) is 0 Å². The van der Waals surface area contributed by atoms with Gasteiger partial charge in [0.15, 0.2) is 17.3 Å². The summed E-state index contributed by atoms with van der Waals surface area (Å²) in [5, 5.41) is 0.933. The number of carbonyl (C=O) groups is 3. The highest BCUT2D eigenvalue weighted by atomic mass is 16.5. The van der Waals surface area contributed by atoms with Crippen LogP contribution >= 0.6 is 0 Å². The van der Waals surface area contributed by atoms with Gasteiger partial charge in [0, 0.05) is 36.1 Å². The van der Waals surface area contributed by atoms with Crippen molar-refractivity contribution in [2.75, 3.05) is 7.11 Å². The molecular formula is C20H21NO4. The number of fused-ring (bicyclic) bond motifs is 1. The molecule has 1 aromatic heterocycles. The molecule has 0 saturated heterocycles. The van der Waals surface area contributed by atoms with Crippen molar-refractivity contribution in [1.82, 2.24) is 4.98 Å². The van der Waals surface area contributed by atoms with Gasteiger partial charge in [0.2, 0.25) is 5.88 Å². The summed E-state index contributed by atoms with van der Waals surface area (Å²) in [5.41, 5.74) is 1.55. The van der Waals surface area contributed by atoms with Crippen molar-refractivity contribution in [1.29, 1.82) is 0 Å². The second-order valence-electron chi connectivity index (χ2n) is 6.47. The molecule has 0 bridgehead atoms. The Labute approximate surface area is 146 Å². The van der Waals surface area contributed by atoms with E-state index in [-0.39, 0.29) is 42.5 Å². The smallest absolute Gasteiger partial charge is 0.217 e. The van der Waals surface area contributed by atoms with Gasteiger partial charge in [-0.3, -0.25) is 14.4 Å². The Morgan fingerprint density at radius 1 is 1.20 bits per heavy atom. The lowest BCUT2D eigenvalue weighted by atomic mass is 9.75. The monoisotopic (exact) mass is 339 g/mol. The lowest BCUT2D eigenvalue weighted by Crippen LogP contribution is -2.38. The number of rotatable bonds is 5. The highest BCUT2D eigenvalue weighted by molar-refractivity contribution is 6.21. The molecule has 0 N–H and O–H groups in total. The Kier molecular flexibility index (Phi) is 4.93. The quantitative estimate of drug-likeness (QED) is 0.782. The van der Waals surface area contributed by atoms with Crippen LogP contribution in [0.4, 0.5) is 0 Å². The Morgan fingerprint density at radius 3 is 2.52 bits per heavy atom. The fourth-order valence-corrected chi connectivity index (χ4v) is 3.51. The fourth-order valence-electron chi connectivity index (χ4n) is 3.51. The van der Waals surface area contributed by atoms with Crippen LogP contribution < -0.4 is 4.74 Å². The first-order valence-corrected chi connectivity index (χ1v) is 8.57. The van der Waals surface area contributed by atoms with Crippen LogP contribution in [0.25, 0.3) is 10.9 Å². The summed E-state index contributed by atoms with van der Waals surface area (Å²) in [5.74, 6) is -1.75. The maximum atomic E-state index is 12.5. The van der Waals surface area contributed by atoms with Crippen LogP contribution in [-0.4, -0.2) is 29.4 Å². The molecule has 1 heterocycles. The van der Waals surface area contributed by atoms with Crippen molar-refractivity contribution in [3.8, 4) is 5.88 Å². The van der Waals surface area contributed by atoms with E-state index in [9.17, 15) is 14.4 Å². The van der Waals surface area contributed by atoms with E-state index in [2.05, 4.69) is 4.98 Å². The van der Waals surface area contributed by atoms with E-state index in [1.807, 2.05) is 37.3 Å². The summed E-state index contributed by atoms with van der Waals surface area (Å²) in [6.45, 7) is 1.87. The lowest BCUT2D eigenvalue weighted by molar-refractivity contribution is -0.142. The number of ketones is 3. The second kappa shape index (κ2) is 7.13. The van der Waals surface area contributed by atoms with Gasteiger partial charge >= 0.3 is 0 Å². The molecule has 1 aliphatic carbocycles. The van der Waals surface area contributed by atoms with Gasteiger partial charge in [-0.25, -0.2) is 4.98 Å². The van der Waals surface area contributed by atoms with Crippen LogP contribution in [0.3, 0.4) is 0 Å². The van der Waals surface area contributed by atoms with Crippen LogP contribution in [0.1, 0.15) is 44.1 Å². The predicted octanol–water partition coefficient (Wildman–Crippen LogP) is 3.24.